The molecule has 2 nitrogen and oxygen atoms in total. The van der Waals surface area contributed by atoms with E-state index in [-0.39, 0.29) is 16.9 Å². The van der Waals surface area contributed by atoms with Gasteiger partial charge in [-0.15, -0.1) is 11.8 Å². The lowest BCUT2D eigenvalue weighted by atomic mass is 9.86. The number of hydrogen-bond donors (Lipinski definition) is 1. The summed E-state index contributed by atoms with van der Waals surface area (Å²) in [7, 11) is 0. The number of halogens is 2. The zero-order chi connectivity index (χ0) is 13.2. The van der Waals surface area contributed by atoms with Crippen molar-refractivity contribution >= 4 is 17.7 Å². The Balaban J connectivity index is 3.08. The number of rotatable bonds is 4. The van der Waals surface area contributed by atoms with Gasteiger partial charge in [0.1, 0.15) is 11.6 Å². The van der Waals surface area contributed by atoms with Crippen molar-refractivity contribution < 1.29 is 18.7 Å². The van der Waals surface area contributed by atoms with E-state index in [9.17, 15) is 13.6 Å². The second-order valence-electron chi connectivity index (χ2n) is 4.44. The highest BCUT2D eigenvalue weighted by Gasteiger charge is 2.29. The molecule has 0 aliphatic heterocycles. The Morgan fingerprint density at radius 3 is 2.41 bits per heavy atom. The number of hydrogen-bond acceptors (Lipinski definition) is 2. The van der Waals surface area contributed by atoms with E-state index in [0.29, 0.717) is 0 Å². The molecule has 0 spiro atoms. The molecule has 1 aromatic carbocycles. The maximum Gasteiger partial charge on any atom is 0.309 e. The van der Waals surface area contributed by atoms with Crippen molar-refractivity contribution in [3.63, 3.8) is 0 Å². The third kappa shape index (κ3) is 3.19. The summed E-state index contributed by atoms with van der Waals surface area (Å²) < 4.78 is 27.1. The molecule has 17 heavy (non-hydrogen) atoms. The summed E-state index contributed by atoms with van der Waals surface area (Å²) in [5, 5.41) is 8.94. The minimum atomic E-state index is -1.12. The molecule has 0 aliphatic rings. The molecule has 94 valence electrons. The fourth-order valence-corrected chi connectivity index (χ4v) is 1.89. The molecule has 0 aromatic heterocycles. The molecule has 0 saturated carbocycles. The summed E-state index contributed by atoms with van der Waals surface area (Å²) in [6.07, 6.45) is 1.61. The molecular weight excluding hydrogens is 246 g/mol. The lowest BCUT2D eigenvalue weighted by Crippen LogP contribution is -2.26. The van der Waals surface area contributed by atoms with Crippen LogP contribution in [0, 0.1) is 17.0 Å². The van der Waals surface area contributed by atoms with Crippen LogP contribution in [0.4, 0.5) is 8.78 Å². The normalized spacial score (nSPS) is 11.6. The molecule has 5 heteroatoms. The van der Waals surface area contributed by atoms with Gasteiger partial charge in [0.25, 0.3) is 0 Å². The van der Waals surface area contributed by atoms with Gasteiger partial charge >= 0.3 is 5.97 Å². The Morgan fingerprint density at radius 2 is 1.94 bits per heavy atom. The Kier molecular flexibility index (Phi) is 4.14. The third-order valence-corrected chi connectivity index (χ3v) is 3.28. The number of carbonyl (C=O) groups is 1. The second-order valence-corrected chi connectivity index (χ2v) is 5.29. The number of aliphatic carboxylic acids is 1. The molecule has 0 amide bonds. The summed E-state index contributed by atoms with van der Waals surface area (Å²) in [4.78, 5) is 11.1. The average Bonchev–Trinajstić information content (AvgIpc) is 2.22. The first kappa shape index (κ1) is 14.0. The highest BCUT2D eigenvalue weighted by atomic mass is 32.2. The molecule has 0 atom stereocenters. The third-order valence-electron chi connectivity index (χ3n) is 2.53. The fourth-order valence-electron chi connectivity index (χ4n) is 1.41. The fraction of sp³-hybridized carbons (Fsp3) is 0.417. The summed E-state index contributed by atoms with van der Waals surface area (Å²) in [5.41, 5.74) is -1.03. The summed E-state index contributed by atoms with van der Waals surface area (Å²) in [6.45, 7) is 2.96. The van der Waals surface area contributed by atoms with Gasteiger partial charge in [0.05, 0.1) is 5.41 Å². The first-order valence-electron chi connectivity index (χ1n) is 5.03. The molecule has 0 unspecified atom stereocenters. The van der Waals surface area contributed by atoms with Gasteiger partial charge in [0.2, 0.25) is 0 Å². The van der Waals surface area contributed by atoms with Crippen LogP contribution in [0.3, 0.4) is 0 Å². The minimum Gasteiger partial charge on any atom is -0.481 e. The lowest BCUT2D eigenvalue weighted by Gasteiger charge is -2.19. The van der Waals surface area contributed by atoms with Crippen LogP contribution in [0.1, 0.15) is 19.4 Å². The summed E-state index contributed by atoms with van der Waals surface area (Å²) in [6, 6.07) is 2.18. The number of benzene rings is 1. The molecule has 1 N–H and O–H groups in total. The highest BCUT2D eigenvalue weighted by molar-refractivity contribution is 7.98. The second kappa shape index (κ2) is 5.04. The van der Waals surface area contributed by atoms with Crippen molar-refractivity contribution in [2.75, 3.05) is 6.26 Å². The van der Waals surface area contributed by atoms with Gasteiger partial charge in [-0.05, 0) is 44.2 Å². The maximum atomic E-state index is 13.6. The van der Waals surface area contributed by atoms with Crippen LogP contribution >= 0.6 is 11.8 Å². The van der Waals surface area contributed by atoms with Crippen LogP contribution in [0.15, 0.2) is 17.0 Å². The van der Waals surface area contributed by atoms with Gasteiger partial charge in [-0.2, -0.15) is 0 Å². The predicted molar refractivity (Wildman–Crippen MR) is 63.3 cm³/mol. The zero-order valence-corrected chi connectivity index (χ0v) is 10.7. The first-order valence-corrected chi connectivity index (χ1v) is 6.25. The van der Waals surface area contributed by atoms with Crippen molar-refractivity contribution in [3.05, 3.63) is 29.3 Å². The molecule has 0 saturated heterocycles. The molecular formula is C12H14F2O2S. The first-order chi connectivity index (χ1) is 7.77. The number of carboxylic acid groups (broad SMARTS) is 1. The molecule has 0 bridgehead atoms. The highest BCUT2D eigenvalue weighted by Crippen LogP contribution is 2.28. The van der Waals surface area contributed by atoms with E-state index in [1.54, 1.807) is 6.26 Å². The van der Waals surface area contributed by atoms with E-state index in [4.69, 9.17) is 5.11 Å². The molecule has 0 aliphatic carbocycles. The molecule has 0 heterocycles. The van der Waals surface area contributed by atoms with Crippen molar-refractivity contribution in [1.82, 2.24) is 0 Å². The Labute approximate surface area is 103 Å². The zero-order valence-electron chi connectivity index (χ0n) is 9.88. The molecule has 1 rings (SSSR count). The van der Waals surface area contributed by atoms with E-state index in [2.05, 4.69) is 0 Å². The maximum absolute atomic E-state index is 13.6. The van der Waals surface area contributed by atoms with Crippen molar-refractivity contribution in [3.8, 4) is 0 Å². The summed E-state index contributed by atoms with van der Waals surface area (Å²) >= 11 is 1.11. The van der Waals surface area contributed by atoms with E-state index < -0.39 is 23.0 Å². The van der Waals surface area contributed by atoms with E-state index >= 15 is 0 Å². The SMILES string of the molecule is CSc1cc(F)c(CC(C)(C)C(=O)O)cc1F. The van der Waals surface area contributed by atoms with Gasteiger partial charge in [-0.25, -0.2) is 8.78 Å². The van der Waals surface area contributed by atoms with Crippen molar-refractivity contribution in [1.29, 1.82) is 0 Å². The Morgan fingerprint density at radius 1 is 1.35 bits per heavy atom. The van der Waals surface area contributed by atoms with Crippen LogP contribution in [-0.4, -0.2) is 17.3 Å². The minimum absolute atomic E-state index is 0.0419. The van der Waals surface area contributed by atoms with Gasteiger partial charge in [-0.3, -0.25) is 4.79 Å². The van der Waals surface area contributed by atoms with Crippen molar-refractivity contribution in [2.45, 2.75) is 25.2 Å². The van der Waals surface area contributed by atoms with Crippen LogP contribution in [0.5, 0.6) is 0 Å². The Bertz CT molecular complexity index is 444. The van der Waals surface area contributed by atoms with Crippen LogP contribution in [0.25, 0.3) is 0 Å². The topological polar surface area (TPSA) is 37.3 Å². The van der Waals surface area contributed by atoms with Gasteiger partial charge in [0.15, 0.2) is 0 Å². The molecule has 0 radical (unpaired) electrons. The summed E-state index contributed by atoms with van der Waals surface area (Å²) in [5.74, 6) is -2.12. The van der Waals surface area contributed by atoms with Gasteiger partial charge in [0, 0.05) is 4.90 Å². The predicted octanol–water partition coefficient (Wildman–Crippen LogP) is 3.34. The standard InChI is InChI=1S/C12H14F2O2S/c1-12(2,11(15)16)6-7-4-9(14)10(17-3)5-8(7)13/h4-5H,6H2,1-3H3,(H,15,16). The lowest BCUT2D eigenvalue weighted by molar-refractivity contribution is -0.146. The van der Waals surface area contributed by atoms with E-state index in [1.165, 1.54) is 13.8 Å². The van der Waals surface area contributed by atoms with E-state index in [1.807, 2.05) is 0 Å². The van der Waals surface area contributed by atoms with E-state index in [0.717, 1.165) is 23.9 Å². The van der Waals surface area contributed by atoms with Crippen LogP contribution in [-0.2, 0) is 11.2 Å². The smallest absolute Gasteiger partial charge is 0.309 e. The van der Waals surface area contributed by atoms with Gasteiger partial charge < -0.3 is 5.11 Å². The van der Waals surface area contributed by atoms with Gasteiger partial charge in [-0.1, -0.05) is 0 Å². The molecule has 0 fully saturated rings. The quantitative estimate of drug-likeness (QED) is 0.844. The average molecular weight is 260 g/mol. The number of carboxylic acids is 1. The van der Waals surface area contributed by atoms with Crippen molar-refractivity contribution in [2.24, 2.45) is 5.41 Å². The Hall–Kier alpha value is -1.10. The monoisotopic (exact) mass is 260 g/mol. The molecule has 1 aromatic rings. The van der Waals surface area contributed by atoms with Crippen LogP contribution < -0.4 is 0 Å². The largest absolute Gasteiger partial charge is 0.481 e. The number of thioether (sulfide) groups is 1. The van der Waals surface area contributed by atoms with Crippen LogP contribution in [0.2, 0.25) is 0 Å².